The van der Waals surface area contributed by atoms with Gasteiger partial charge in [-0.15, -0.1) is 11.8 Å². The van der Waals surface area contributed by atoms with E-state index in [1.165, 1.54) is 0 Å². The number of benzene rings is 1. The molecule has 1 aromatic heterocycles. The lowest BCUT2D eigenvalue weighted by Crippen LogP contribution is -2.21. The molecule has 0 bridgehead atoms. The van der Waals surface area contributed by atoms with E-state index in [1.54, 1.807) is 23.9 Å². The molecule has 0 aliphatic carbocycles. The third-order valence-corrected chi connectivity index (χ3v) is 4.81. The average Bonchev–Trinajstić information content (AvgIpc) is 2.71. The topological polar surface area (TPSA) is 78.0 Å². The van der Waals surface area contributed by atoms with Gasteiger partial charge in [0.05, 0.1) is 10.5 Å². The van der Waals surface area contributed by atoms with E-state index in [9.17, 15) is 9.90 Å². The largest absolute Gasteiger partial charge is 0.508 e. The molecule has 2 aromatic rings. The van der Waals surface area contributed by atoms with Crippen LogP contribution in [0.1, 0.15) is 29.0 Å². The highest BCUT2D eigenvalue weighted by molar-refractivity contribution is 8.01. The zero-order chi connectivity index (χ0) is 14.3. The Kier molecular flexibility index (Phi) is 3.17. The van der Waals surface area contributed by atoms with Gasteiger partial charge in [0.25, 0.3) is 0 Å². The summed E-state index contributed by atoms with van der Waals surface area (Å²) in [7, 11) is 0. The molecule has 6 heteroatoms. The van der Waals surface area contributed by atoms with Crippen molar-refractivity contribution in [3.63, 3.8) is 0 Å². The average molecular weight is 289 g/mol. The van der Waals surface area contributed by atoms with Gasteiger partial charge in [-0.1, -0.05) is 12.1 Å². The third-order valence-electron chi connectivity index (χ3n) is 3.40. The molecule has 0 saturated carbocycles. The van der Waals surface area contributed by atoms with Crippen molar-refractivity contribution in [1.82, 2.24) is 10.2 Å². The van der Waals surface area contributed by atoms with Crippen LogP contribution in [0.4, 0.5) is 5.82 Å². The summed E-state index contributed by atoms with van der Waals surface area (Å²) >= 11 is 1.58. The van der Waals surface area contributed by atoms with E-state index < -0.39 is 0 Å². The molecule has 2 unspecified atom stereocenters. The molecule has 1 aromatic carbocycles. The van der Waals surface area contributed by atoms with E-state index in [2.05, 4.69) is 15.5 Å². The second-order valence-corrected chi connectivity index (χ2v) is 6.30. The van der Waals surface area contributed by atoms with Gasteiger partial charge >= 0.3 is 0 Å². The molecule has 0 fully saturated rings. The van der Waals surface area contributed by atoms with Gasteiger partial charge in [-0.25, -0.2) is 0 Å². The maximum atomic E-state index is 12.0. The molecular formula is C14H15N3O2S. The quantitative estimate of drug-likeness (QED) is 0.754. The van der Waals surface area contributed by atoms with Crippen molar-refractivity contribution >= 4 is 23.5 Å². The molecule has 1 amide bonds. The van der Waals surface area contributed by atoms with E-state index in [0.717, 1.165) is 16.8 Å². The number of phenolic OH excluding ortho intramolecular Hbond substituents is 1. The smallest absolute Gasteiger partial charge is 0.238 e. The Morgan fingerprint density at radius 2 is 2.00 bits per heavy atom. The van der Waals surface area contributed by atoms with E-state index in [4.69, 9.17) is 0 Å². The molecule has 3 rings (SSSR count). The molecule has 0 radical (unpaired) electrons. The SMILES string of the molecule is Cc1[nH]nc2c1C(c1ccc(O)cc1)SC(C)C(=O)N2. The summed E-state index contributed by atoms with van der Waals surface area (Å²) in [5, 5.41) is 19.2. The normalized spacial score (nSPS) is 22.0. The molecule has 20 heavy (non-hydrogen) atoms. The summed E-state index contributed by atoms with van der Waals surface area (Å²) in [6, 6.07) is 7.09. The Bertz CT molecular complexity index is 651. The first-order chi connectivity index (χ1) is 9.56. The third kappa shape index (κ3) is 2.16. The van der Waals surface area contributed by atoms with Crippen LogP contribution in [-0.4, -0.2) is 26.5 Å². The summed E-state index contributed by atoms with van der Waals surface area (Å²) in [6.45, 7) is 3.83. The number of aromatic nitrogens is 2. The monoisotopic (exact) mass is 289 g/mol. The number of nitrogens with zero attached hydrogens (tertiary/aromatic N) is 1. The molecule has 1 aliphatic heterocycles. The van der Waals surface area contributed by atoms with Crippen LogP contribution < -0.4 is 5.32 Å². The first kappa shape index (κ1) is 13.1. The summed E-state index contributed by atoms with van der Waals surface area (Å²) in [4.78, 5) is 12.0. The molecule has 2 heterocycles. The summed E-state index contributed by atoms with van der Waals surface area (Å²) in [6.07, 6.45) is 0. The number of fused-ring (bicyclic) bond motifs is 1. The fourth-order valence-corrected chi connectivity index (χ4v) is 3.63. The number of hydrogen-bond donors (Lipinski definition) is 3. The number of aromatic hydroxyl groups is 1. The van der Waals surface area contributed by atoms with Crippen LogP contribution in [-0.2, 0) is 4.79 Å². The number of phenols is 1. The molecule has 2 atom stereocenters. The van der Waals surface area contributed by atoms with Gasteiger partial charge in [-0.05, 0) is 31.5 Å². The predicted molar refractivity (Wildman–Crippen MR) is 79.0 cm³/mol. The van der Waals surface area contributed by atoms with Crippen molar-refractivity contribution in [3.05, 3.63) is 41.1 Å². The Hall–Kier alpha value is -1.95. The van der Waals surface area contributed by atoms with Gasteiger partial charge < -0.3 is 10.4 Å². The van der Waals surface area contributed by atoms with Crippen LogP contribution in [0.15, 0.2) is 24.3 Å². The maximum absolute atomic E-state index is 12.0. The fraction of sp³-hybridized carbons (Fsp3) is 0.286. The number of anilines is 1. The molecule has 1 aliphatic rings. The molecule has 3 N–H and O–H groups in total. The lowest BCUT2D eigenvalue weighted by Gasteiger charge is -2.17. The number of aryl methyl sites for hydroxylation is 1. The number of nitrogens with one attached hydrogen (secondary N) is 2. The van der Waals surface area contributed by atoms with Gasteiger partial charge in [0, 0.05) is 11.3 Å². The number of carbonyl (C=O) groups is 1. The van der Waals surface area contributed by atoms with Gasteiger partial charge in [-0.2, -0.15) is 5.10 Å². The van der Waals surface area contributed by atoms with Gasteiger partial charge in [0.15, 0.2) is 5.82 Å². The standard InChI is InChI=1S/C14H15N3O2S/c1-7-11-12(9-3-5-10(18)6-4-9)20-8(2)14(19)15-13(11)17-16-7/h3-6,8,12,18H,1-2H3,(H2,15,16,17,19). The first-order valence-corrected chi connectivity index (χ1v) is 7.30. The van der Waals surface area contributed by atoms with Crippen LogP contribution in [0.3, 0.4) is 0 Å². The van der Waals surface area contributed by atoms with E-state index >= 15 is 0 Å². The molecule has 0 spiro atoms. The molecular weight excluding hydrogens is 274 g/mol. The highest BCUT2D eigenvalue weighted by Crippen LogP contribution is 2.44. The summed E-state index contributed by atoms with van der Waals surface area (Å²) in [5.74, 6) is 0.796. The van der Waals surface area contributed by atoms with Crippen LogP contribution in [0.5, 0.6) is 5.75 Å². The second-order valence-electron chi connectivity index (χ2n) is 4.85. The summed E-state index contributed by atoms with van der Waals surface area (Å²) in [5.41, 5.74) is 2.99. The van der Waals surface area contributed by atoms with E-state index in [0.29, 0.717) is 5.82 Å². The zero-order valence-electron chi connectivity index (χ0n) is 11.2. The molecule has 5 nitrogen and oxygen atoms in total. The number of hydrogen-bond acceptors (Lipinski definition) is 4. The Labute approximate surface area is 120 Å². The van der Waals surface area contributed by atoms with Crippen LogP contribution in [0, 0.1) is 6.92 Å². The van der Waals surface area contributed by atoms with Crippen LogP contribution in [0.2, 0.25) is 0 Å². The van der Waals surface area contributed by atoms with Crippen LogP contribution in [0.25, 0.3) is 0 Å². The highest BCUT2D eigenvalue weighted by atomic mass is 32.2. The Balaban J connectivity index is 2.10. The van der Waals surface area contributed by atoms with Crippen molar-refractivity contribution in [2.24, 2.45) is 0 Å². The predicted octanol–water partition coefficient (Wildman–Crippen LogP) is 2.59. The van der Waals surface area contributed by atoms with E-state index in [-0.39, 0.29) is 22.2 Å². The van der Waals surface area contributed by atoms with E-state index in [1.807, 2.05) is 26.0 Å². The molecule has 0 saturated heterocycles. The number of amides is 1. The van der Waals surface area contributed by atoms with Crippen LogP contribution >= 0.6 is 11.8 Å². The van der Waals surface area contributed by atoms with Gasteiger partial charge in [-0.3, -0.25) is 9.89 Å². The fourth-order valence-electron chi connectivity index (χ4n) is 2.30. The minimum Gasteiger partial charge on any atom is -0.508 e. The number of thioether (sulfide) groups is 1. The second kappa shape index (κ2) is 4.86. The number of H-pyrrole nitrogens is 1. The number of rotatable bonds is 1. The van der Waals surface area contributed by atoms with Gasteiger partial charge in [0.2, 0.25) is 5.91 Å². The summed E-state index contributed by atoms with van der Waals surface area (Å²) < 4.78 is 0. The van der Waals surface area contributed by atoms with Gasteiger partial charge in [0.1, 0.15) is 5.75 Å². The number of aromatic amines is 1. The number of carbonyl (C=O) groups excluding carboxylic acids is 1. The Morgan fingerprint density at radius 1 is 1.30 bits per heavy atom. The highest BCUT2D eigenvalue weighted by Gasteiger charge is 2.32. The van der Waals surface area contributed by atoms with Crippen molar-refractivity contribution in [1.29, 1.82) is 0 Å². The minimum atomic E-state index is -0.164. The lowest BCUT2D eigenvalue weighted by atomic mass is 10.0. The molecule has 104 valence electrons. The maximum Gasteiger partial charge on any atom is 0.238 e. The first-order valence-electron chi connectivity index (χ1n) is 6.36. The van der Waals surface area contributed by atoms with Crippen molar-refractivity contribution in [3.8, 4) is 5.75 Å². The zero-order valence-corrected chi connectivity index (χ0v) is 12.0. The Morgan fingerprint density at radius 3 is 2.70 bits per heavy atom. The van der Waals surface area contributed by atoms with Crippen molar-refractivity contribution in [2.45, 2.75) is 24.3 Å². The lowest BCUT2D eigenvalue weighted by molar-refractivity contribution is -0.115. The van der Waals surface area contributed by atoms with Crippen molar-refractivity contribution < 1.29 is 9.90 Å². The van der Waals surface area contributed by atoms with Crippen molar-refractivity contribution in [2.75, 3.05) is 5.32 Å². The minimum absolute atomic E-state index is 0.0123.